The van der Waals surface area contributed by atoms with Crippen LogP contribution in [0.15, 0.2) is 0 Å². The van der Waals surface area contributed by atoms with Crippen LogP contribution in [-0.2, 0) is 38.2 Å². The van der Waals surface area contributed by atoms with E-state index in [1.807, 2.05) is 0 Å². The SMILES string of the molecule is CCOC(=O)C1(C(=O)OCC)C(C)C(OS(=O)(=O)C(F)(F)F)C(=O)N1C. The second kappa shape index (κ2) is 7.39. The van der Waals surface area contributed by atoms with Crippen LogP contribution >= 0.6 is 0 Å². The van der Waals surface area contributed by atoms with Gasteiger partial charge in [-0.05, 0) is 13.8 Å². The minimum Gasteiger partial charge on any atom is -0.464 e. The first-order valence-electron chi connectivity index (χ1n) is 7.40. The molecule has 1 heterocycles. The highest BCUT2D eigenvalue weighted by Gasteiger charge is 2.68. The van der Waals surface area contributed by atoms with Crippen LogP contribution in [0.1, 0.15) is 20.8 Å². The number of ether oxygens (including phenoxy) is 2. The average Bonchev–Trinajstić information content (AvgIpc) is 2.68. The molecular weight excluding hydrogens is 387 g/mol. The van der Waals surface area contributed by atoms with Gasteiger partial charge in [0.05, 0.1) is 13.2 Å². The van der Waals surface area contributed by atoms with Gasteiger partial charge in [0.2, 0.25) is 5.54 Å². The first kappa shape index (κ1) is 22.2. The molecule has 0 aromatic carbocycles. The van der Waals surface area contributed by atoms with Crippen molar-refractivity contribution in [3.63, 3.8) is 0 Å². The van der Waals surface area contributed by atoms with E-state index in [0.717, 1.165) is 14.0 Å². The van der Waals surface area contributed by atoms with E-state index in [1.54, 1.807) is 0 Å². The predicted molar refractivity (Wildman–Crippen MR) is 77.8 cm³/mol. The van der Waals surface area contributed by atoms with Crippen LogP contribution in [0.3, 0.4) is 0 Å². The Morgan fingerprint density at radius 1 is 1.15 bits per heavy atom. The molecule has 0 radical (unpaired) electrons. The van der Waals surface area contributed by atoms with Gasteiger partial charge in [0.1, 0.15) is 0 Å². The third-order valence-corrected chi connectivity index (χ3v) is 4.93. The van der Waals surface area contributed by atoms with Gasteiger partial charge in [-0.25, -0.2) is 13.8 Å². The molecule has 1 aliphatic heterocycles. The molecule has 1 rings (SSSR count). The van der Waals surface area contributed by atoms with Gasteiger partial charge < -0.3 is 14.4 Å². The summed E-state index contributed by atoms with van der Waals surface area (Å²) in [7, 11) is -5.21. The fraction of sp³-hybridized carbons (Fsp3) is 0.769. The number of alkyl halides is 3. The number of amides is 1. The van der Waals surface area contributed by atoms with Gasteiger partial charge >= 0.3 is 27.6 Å². The van der Waals surface area contributed by atoms with Crippen molar-refractivity contribution in [1.29, 1.82) is 0 Å². The van der Waals surface area contributed by atoms with Crippen molar-refractivity contribution in [2.45, 2.75) is 37.9 Å². The summed E-state index contributed by atoms with van der Waals surface area (Å²) >= 11 is 0. The lowest BCUT2D eigenvalue weighted by molar-refractivity contribution is -0.176. The minimum atomic E-state index is -6.15. The molecule has 1 fully saturated rings. The second-order valence-corrected chi connectivity index (χ2v) is 6.87. The zero-order valence-corrected chi connectivity index (χ0v) is 15.1. The molecule has 0 aliphatic carbocycles. The fourth-order valence-electron chi connectivity index (χ4n) is 2.63. The first-order valence-corrected chi connectivity index (χ1v) is 8.81. The van der Waals surface area contributed by atoms with Crippen molar-refractivity contribution in [3.8, 4) is 0 Å². The van der Waals surface area contributed by atoms with Crippen molar-refractivity contribution < 1.29 is 49.6 Å². The van der Waals surface area contributed by atoms with E-state index >= 15 is 0 Å². The Labute approximate surface area is 147 Å². The van der Waals surface area contributed by atoms with Crippen molar-refractivity contribution in [2.24, 2.45) is 5.92 Å². The summed E-state index contributed by atoms with van der Waals surface area (Å²) in [5.41, 5.74) is -8.26. The van der Waals surface area contributed by atoms with Crippen LogP contribution in [0, 0.1) is 5.92 Å². The van der Waals surface area contributed by atoms with E-state index in [9.17, 15) is 36.0 Å². The lowest BCUT2D eigenvalue weighted by Gasteiger charge is -2.33. The number of nitrogens with zero attached hydrogens (tertiary/aromatic N) is 1. The van der Waals surface area contributed by atoms with Gasteiger partial charge in [-0.3, -0.25) is 4.79 Å². The third-order valence-electron chi connectivity index (χ3n) is 3.90. The van der Waals surface area contributed by atoms with Gasteiger partial charge in [-0.15, -0.1) is 0 Å². The quantitative estimate of drug-likeness (QED) is 0.266. The van der Waals surface area contributed by atoms with E-state index in [-0.39, 0.29) is 13.2 Å². The van der Waals surface area contributed by atoms with E-state index in [4.69, 9.17) is 9.47 Å². The number of rotatable bonds is 6. The van der Waals surface area contributed by atoms with Gasteiger partial charge in [0, 0.05) is 13.0 Å². The first-order chi connectivity index (χ1) is 11.8. The molecule has 13 heteroatoms. The molecule has 0 spiro atoms. The Morgan fingerprint density at radius 3 is 1.92 bits per heavy atom. The van der Waals surface area contributed by atoms with Crippen LogP contribution in [0.5, 0.6) is 0 Å². The number of esters is 2. The molecule has 9 nitrogen and oxygen atoms in total. The standard InChI is InChI=1S/C13H18F3NO8S/c1-5-23-10(19)12(11(20)24-6-2)7(3)8(9(18)17(12)4)25-26(21,22)13(14,15)16/h7-8H,5-6H2,1-4H3. The van der Waals surface area contributed by atoms with Crippen molar-refractivity contribution in [1.82, 2.24) is 4.90 Å². The van der Waals surface area contributed by atoms with Crippen molar-refractivity contribution >= 4 is 28.0 Å². The van der Waals surface area contributed by atoms with Crippen LogP contribution in [-0.4, -0.2) is 68.6 Å². The molecule has 1 aliphatic rings. The second-order valence-electron chi connectivity index (χ2n) is 5.31. The van der Waals surface area contributed by atoms with Crippen LogP contribution in [0.2, 0.25) is 0 Å². The summed E-state index contributed by atoms with van der Waals surface area (Å²) in [6.07, 6.45) is -2.26. The molecular formula is C13H18F3NO8S. The Bertz CT molecular complexity index is 672. The van der Waals surface area contributed by atoms with E-state index in [0.29, 0.717) is 4.90 Å². The molecule has 2 unspecified atom stereocenters. The maximum Gasteiger partial charge on any atom is 0.523 e. The number of likely N-dealkylation sites (tertiary alicyclic amines) is 1. The number of hydrogen-bond donors (Lipinski definition) is 0. The Hall–Kier alpha value is -1.89. The van der Waals surface area contributed by atoms with Gasteiger partial charge in [0.15, 0.2) is 6.10 Å². The monoisotopic (exact) mass is 405 g/mol. The maximum atomic E-state index is 12.6. The zero-order chi connectivity index (χ0) is 20.5. The maximum absolute atomic E-state index is 12.6. The van der Waals surface area contributed by atoms with Gasteiger partial charge in [-0.1, -0.05) is 6.92 Å². The van der Waals surface area contributed by atoms with Crippen LogP contribution < -0.4 is 0 Å². The number of carbonyl (C=O) groups excluding carboxylic acids is 3. The minimum absolute atomic E-state index is 0.207. The number of likely N-dealkylation sites (N-methyl/N-ethyl adjacent to an activating group) is 1. The summed E-state index contributed by atoms with van der Waals surface area (Å²) in [5.74, 6) is -5.49. The van der Waals surface area contributed by atoms with Gasteiger partial charge in [0.25, 0.3) is 5.91 Å². The molecule has 150 valence electrons. The number of hydrogen-bond acceptors (Lipinski definition) is 8. The lowest BCUT2D eigenvalue weighted by atomic mass is 9.85. The van der Waals surface area contributed by atoms with Crippen molar-refractivity contribution in [3.05, 3.63) is 0 Å². The number of carbonyl (C=O) groups is 3. The number of halogens is 3. The smallest absolute Gasteiger partial charge is 0.464 e. The average molecular weight is 405 g/mol. The predicted octanol–water partition coefficient (Wildman–Crippen LogP) is 0.194. The molecule has 0 saturated carbocycles. The highest BCUT2D eigenvalue weighted by molar-refractivity contribution is 7.87. The summed E-state index contributed by atoms with van der Waals surface area (Å²) in [5, 5.41) is 0. The van der Waals surface area contributed by atoms with Crippen molar-refractivity contribution in [2.75, 3.05) is 20.3 Å². The van der Waals surface area contributed by atoms with E-state index < -0.39 is 51.0 Å². The zero-order valence-electron chi connectivity index (χ0n) is 14.3. The lowest BCUT2D eigenvalue weighted by Crippen LogP contribution is -2.60. The van der Waals surface area contributed by atoms with E-state index in [2.05, 4.69) is 4.18 Å². The summed E-state index contributed by atoms with van der Waals surface area (Å²) in [6, 6.07) is 0. The Kier molecular flexibility index (Phi) is 6.29. The molecule has 0 aromatic rings. The summed E-state index contributed by atoms with van der Waals surface area (Å²) in [4.78, 5) is 37.6. The largest absolute Gasteiger partial charge is 0.523 e. The van der Waals surface area contributed by atoms with Crippen LogP contribution in [0.4, 0.5) is 13.2 Å². The molecule has 1 amide bonds. The van der Waals surface area contributed by atoms with Crippen LogP contribution in [0.25, 0.3) is 0 Å². The summed E-state index contributed by atoms with van der Waals surface area (Å²) < 4.78 is 73.8. The summed E-state index contributed by atoms with van der Waals surface area (Å²) in [6.45, 7) is 3.41. The van der Waals surface area contributed by atoms with Gasteiger partial charge in [-0.2, -0.15) is 21.6 Å². The normalized spacial score (nSPS) is 23.0. The molecule has 0 aromatic heterocycles. The molecule has 0 bridgehead atoms. The Morgan fingerprint density at radius 2 is 1.58 bits per heavy atom. The highest BCUT2D eigenvalue weighted by atomic mass is 32.2. The van der Waals surface area contributed by atoms with E-state index in [1.165, 1.54) is 13.8 Å². The molecule has 26 heavy (non-hydrogen) atoms. The third kappa shape index (κ3) is 3.37. The molecule has 2 atom stereocenters. The molecule has 1 saturated heterocycles. The Balaban J connectivity index is 3.44. The topological polar surface area (TPSA) is 116 Å². The molecule has 0 N–H and O–H groups in total. The fourth-order valence-corrected chi connectivity index (χ4v) is 3.26. The highest BCUT2D eigenvalue weighted by Crippen LogP contribution is 2.41.